The van der Waals surface area contributed by atoms with Crippen molar-refractivity contribution in [1.29, 1.82) is 0 Å². The fraction of sp³-hybridized carbons (Fsp3) is 0.625. The molecular weight excluding hydrogens is 268 g/mol. The number of benzene rings is 1. The Labute approximate surface area is 126 Å². The number of para-hydroxylation sites is 1. The third-order valence-electron chi connectivity index (χ3n) is 3.69. The molecule has 2 rings (SSSR count). The zero-order valence-electron chi connectivity index (χ0n) is 12.7. The Bertz CT molecular complexity index is 417. The van der Waals surface area contributed by atoms with Gasteiger partial charge in [-0.2, -0.15) is 11.8 Å². The van der Waals surface area contributed by atoms with Crippen LogP contribution in [0.2, 0.25) is 0 Å². The van der Waals surface area contributed by atoms with Crippen molar-refractivity contribution >= 4 is 11.8 Å². The summed E-state index contributed by atoms with van der Waals surface area (Å²) in [5, 5.41) is 1.32. The topological polar surface area (TPSA) is 38.5 Å². The van der Waals surface area contributed by atoms with Crippen molar-refractivity contribution < 1.29 is 4.74 Å². The Morgan fingerprint density at radius 1 is 1.30 bits per heavy atom. The van der Waals surface area contributed by atoms with E-state index in [0.717, 1.165) is 18.8 Å². The molecule has 0 bridgehead atoms. The van der Waals surface area contributed by atoms with Crippen molar-refractivity contribution in [2.75, 3.05) is 26.2 Å². The van der Waals surface area contributed by atoms with Crippen molar-refractivity contribution in [3.63, 3.8) is 0 Å². The molecule has 1 saturated heterocycles. The van der Waals surface area contributed by atoms with Crippen molar-refractivity contribution in [3.05, 3.63) is 29.8 Å². The van der Waals surface area contributed by atoms with Gasteiger partial charge in [-0.3, -0.25) is 4.90 Å². The Morgan fingerprint density at radius 3 is 2.55 bits per heavy atom. The molecule has 4 heteroatoms. The third-order valence-corrected chi connectivity index (χ3v) is 4.92. The first-order chi connectivity index (χ1) is 9.65. The van der Waals surface area contributed by atoms with E-state index in [9.17, 15) is 0 Å². The van der Waals surface area contributed by atoms with Gasteiger partial charge >= 0.3 is 0 Å². The average Bonchev–Trinajstić information content (AvgIpc) is 2.41. The first-order valence-corrected chi connectivity index (χ1v) is 8.41. The SMILES string of the molecule is CCOc1ccccc1C(CN)N1CC(C)SC(C)C1. The van der Waals surface area contributed by atoms with Gasteiger partial charge in [0.05, 0.1) is 12.6 Å². The van der Waals surface area contributed by atoms with Crippen LogP contribution in [0.5, 0.6) is 5.75 Å². The maximum absolute atomic E-state index is 6.09. The van der Waals surface area contributed by atoms with E-state index < -0.39 is 0 Å². The fourth-order valence-electron chi connectivity index (χ4n) is 2.99. The molecule has 112 valence electrons. The van der Waals surface area contributed by atoms with Gasteiger partial charge in [0, 0.05) is 35.7 Å². The minimum absolute atomic E-state index is 0.253. The van der Waals surface area contributed by atoms with E-state index in [1.165, 1.54) is 5.56 Å². The lowest BCUT2D eigenvalue weighted by molar-refractivity contribution is 0.194. The van der Waals surface area contributed by atoms with E-state index in [0.29, 0.717) is 23.7 Å². The molecule has 0 radical (unpaired) electrons. The highest BCUT2D eigenvalue weighted by atomic mass is 32.2. The van der Waals surface area contributed by atoms with E-state index in [1.54, 1.807) is 0 Å². The van der Waals surface area contributed by atoms with Crippen molar-refractivity contribution in [3.8, 4) is 5.75 Å². The zero-order valence-corrected chi connectivity index (χ0v) is 13.5. The number of hydrogen-bond acceptors (Lipinski definition) is 4. The second-order valence-corrected chi connectivity index (χ2v) is 7.32. The molecule has 1 aliphatic heterocycles. The van der Waals surface area contributed by atoms with Gasteiger partial charge in [-0.15, -0.1) is 0 Å². The summed E-state index contributed by atoms with van der Waals surface area (Å²) < 4.78 is 5.78. The molecule has 0 spiro atoms. The highest BCUT2D eigenvalue weighted by Crippen LogP contribution is 2.34. The predicted molar refractivity (Wildman–Crippen MR) is 87.5 cm³/mol. The fourth-order valence-corrected chi connectivity index (χ4v) is 4.34. The van der Waals surface area contributed by atoms with Crippen LogP contribution in [-0.2, 0) is 0 Å². The van der Waals surface area contributed by atoms with Crippen LogP contribution in [0.3, 0.4) is 0 Å². The minimum Gasteiger partial charge on any atom is -0.494 e. The van der Waals surface area contributed by atoms with Crippen molar-refractivity contribution in [2.24, 2.45) is 5.73 Å². The summed E-state index contributed by atoms with van der Waals surface area (Å²) in [6, 6.07) is 8.56. The van der Waals surface area contributed by atoms with E-state index in [-0.39, 0.29) is 6.04 Å². The molecule has 3 unspecified atom stereocenters. The van der Waals surface area contributed by atoms with Crippen molar-refractivity contribution in [1.82, 2.24) is 4.90 Å². The molecule has 0 amide bonds. The molecule has 1 heterocycles. The van der Waals surface area contributed by atoms with E-state index >= 15 is 0 Å². The second-order valence-electron chi connectivity index (χ2n) is 5.43. The summed E-state index contributed by atoms with van der Waals surface area (Å²) in [6.45, 7) is 10.1. The molecule has 20 heavy (non-hydrogen) atoms. The molecule has 2 N–H and O–H groups in total. The minimum atomic E-state index is 0.253. The van der Waals surface area contributed by atoms with Crippen LogP contribution < -0.4 is 10.5 Å². The molecule has 0 aromatic heterocycles. The summed E-state index contributed by atoms with van der Waals surface area (Å²) in [5.41, 5.74) is 7.31. The van der Waals surface area contributed by atoms with E-state index in [4.69, 9.17) is 10.5 Å². The highest BCUT2D eigenvalue weighted by molar-refractivity contribution is 8.00. The van der Waals surface area contributed by atoms with Crippen LogP contribution in [-0.4, -0.2) is 41.6 Å². The zero-order chi connectivity index (χ0) is 14.5. The Hall–Kier alpha value is -0.710. The lowest BCUT2D eigenvalue weighted by Crippen LogP contribution is -2.44. The van der Waals surface area contributed by atoms with Crippen molar-refractivity contribution in [2.45, 2.75) is 37.3 Å². The smallest absolute Gasteiger partial charge is 0.124 e. The quantitative estimate of drug-likeness (QED) is 0.906. The van der Waals surface area contributed by atoms with Crippen LogP contribution in [0.15, 0.2) is 24.3 Å². The van der Waals surface area contributed by atoms with Gasteiger partial charge in [0.25, 0.3) is 0 Å². The molecule has 3 atom stereocenters. The Morgan fingerprint density at radius 2 is 1.95 bits per heavy atom. The van der Waals surface area contributed by atoms with Gasteiger partial charge < -0.3 is 10.5 Å². The molecular formula is C16H26N2OS. The highest BCUT2D eigenvalue weighted by Gasteiger charge is 2.29. The third kappa shape index (κ3) is 3.68. The van der Waals surface area contributed by atoms with Gasteiger partial charge in [-0.05, 0) is 13.0 Å². The summed E-state index contributed by atoms with van der Waals surface area (Å²) in [6.07, 6.45) is 0. The number of rotatable bonds is 5. The number of nitrogens with two attached hydrogens (primary N) is 1. The number of nitrogens with zero attached hydrogens (tertiary/aromatic N) is 1. The molecule has 0 aliphatic carbocycles. The van der Waals surface area contributed by atoms with E-state index in [1.807, 2.05) is 19.1 Å². The lowest BCUT2D eigenvalue weighted by atomic mass is 10.0. The number of thioether (sulfide) groups is 1. The molecule has 1 aromatic carbocycles. The number of hydrogen-bond donors (Lipinski definition) is 1. The Kier molecular flexibility index (Phi) is 5.75. The monoisotopic (exact) mass is 294 g/mol. The summed E-state index contributed by atoms with van der Waals surface area (Å²) in [7, 11) is 0. The maximum Gasteiger partial charge on any atom is 0.124 e. The molecule has 3 nitrogen and oxygen atoms in total. The second kappa shape index (κ2) is 7.34. The van der Waals surface area contributed by atoms with Crippen LogP contribution in [0.4, 0.5) is 0 Å². The molecule has 1 aromatic rings. The van der Waals surface area contributed by atoms with Crippen LogP contribution in [0, 0.1) is 0 Å². The average molecular weight is 294 g/mol. The standard InChI is InChI=1S/C16H26N2OS/c1-4-19-16-8-6-5-7-14(16)15(9-17)18-10-12(2)20-13(3)11-18/h5-8,12-13,15H,4,9-11,17H2,1-3H3. The van der Waals surface area contributed by atoms with Gasteiger partial charge in [0.15, 0.2) is 0 Å². The Balaban J connectivity index is 2.23. The maximum atomic E-state index is 6.09. The van der Waals surface area contributed by atoms with Crippen LogP contribution >= 0.6 is 11.8 Å². The van der Waals surface area contributed by atoms with Gasteiger partial charge in [0.1, 0.15) is 5.75 Å². The predicted octanol–water partition coefficient (Wildman–Crippen LogP) is 2.91. The normalized spacial score (nSPS) is 25.4. The van der Waals surface area contributed by atoms with Gasteiger partial charge in [-0.25, -0.2) is 0 Å². The summed E-state index contributed by atoms with van der Waals surface area (Å²) in [4.78, 5) is 2.52. The lowest BCUT2D eigenvalue weighted by Gasteiger charge is -2.40. The first-order valence-electron chi connectivity index (χ1n) is 7.47. The van der Waals surface area contributed by atoms with Gasteiger partial charge in [0.2, 0.25) is 0 Å². The summed E-state index contributed by atoms with van der Waals surface area (Å²) >= 11 is 2.07. The van der Waals surface area contributed by atoms with E-state index in [2.05, 4.69) is 42.6 Å². The van der Waals surface area contributed by atoms with Crippen LogP contribution in [0.25, 0.3) is 0 Å². The van der Waals surface area contributed by atoms with Gasteiger partial charge in [-0.1, -0.05) is 32.0 Å². The largest absolute Gasteiger partial charge is 0.494 e. The molecule has 1 fully saturated rings. The van der Waals surface area contributed by atoms with Crippen LogP contribution in [0.1, 0.15) is 32.4 Å². The molecule has 0 saturated carbocycles. The number of ether oxygens (including phenoxy) is 1. The molecule has 1 aliphatic rings. The first kappa shape index (κ1) is 15.7. The summed E-state index contributed by atoms with van der Waals surface area (Å²) in [5.74, 6) is 0.976.